The van der Waals surface area contributed by atoms with E-state index in [0.29, 0.717) is 0 Å². The Bertz CT molecular complexity index is 652. The summed E-state index contributed by atoms with van der Waals surface area (Å²) in [5, 5.41) is 8.47. The van der Waals surface area contributed by atoms with Crippen LogP contribution in [0.25, 0.3) is 5.41 Å². The van der Waals surface area contributed by atoms with Crippen molar-refractivity contribution in [3.8, 4) is 0 Å². The summed E-state index contributed by atoms with van der Waals surface area (Å²) in [5.74, 6) is 0. The fraction of sp³-hybridized carbons (Fsp3) is 0.150. The molecule has 6 heteroatoms. The van der Waals surface area contributed by atoms with Crippen LogP contribution in [0.3, 0.4) is 0 Å². The molecule has 3 rings (SSSR count). The van der Waals surface area contributed by atoms with Gasteiger partial charge in [0, 0.05) is 0 Å². The predicted octanol–water partition coefficient (Wildman–Crippen LogP) is 6.59. The number of hydrogen-bond acceptors (Lipinski definition) is 1. The van der Waals surface area contributed by atoms with Crippen molar-refractivity contribution in [3.63, 3.8) is 0 Å². The van der Waals surface area contributed by atoms with E-state index in [-0.39, 0.29) is 21.7 Å². The molecule has 3 aromatic carbocycles. The van der Waals surface area contributed by atoms with Crippen molar-refractivity contribution in [2.75, 3.05) is 0 Å². The third kappa shape index (κ3) is 14.6. The van der Waals surface area contributed by atoms with Gasteiger partial charge in [0.15, 0.2) is 0 Å². The van der Waals surface area contributed by atoms with Gasteiger partial charge in [-0.3, -0.25) is 0 Å². The number of thiocarbonyl (C=S) groups is 1. The molecule has 3 aromatic rings. The van der Waals surface area contributed by atoms with E-state index < -0.39 is 11.7 Å². The van der Waals surface area contributed by atoms with Gasteiger partial charge in [0.25, 0.3) is 0 Å². The molecule has 0 unspecified atom stereocenters. The third-order valence-corrected chi connectivity index (χ3v) is 2.67. The largest absolute Gasteiger partial charge is 4.00 e. The molecule has 0 fully saturated rings. The van der Waals surface area contributed by atoms with Crippen LogP contribution in [0, 0.1) is 19.9 Å². The second-order valence-electron chi connectivity index (χ2n) is 4.79. The molecule has 0 saturated carbocycles. The van der Waals surface area contributed by atoms with Crippen LogP contribution in [0.4, 0.5) is 13.2 Å². The summed E-state index contributed by atoms with van der Waals surface area (Å²) in [5.41, 5.74) is 1.96. The summed E-state index contributed by atoms with van der Waals surface area (Å²) >= 11 is 3.70. The Morgan fingerprint density at radius 1 is 0.923 bits per heavy atom. The van der Waals surface area contributed by atoms with E-state index in [0.717, 1.165) is 6.07 Å². The fourth-order valence-corrected chi connectivity index (χ4v) is 1.51. The minimum absolute atomic E-state index is 0. The van der Waals surface area contributed by atoms with Gasteiger partial charge in [0.1, 0.15) is 0 Å². The van der Waals surface area contributed by atoms with E-state index in [2.05, 4.69) is 56.4 Å². The molecule has 26 heavy (non-hydrogen) atoms. The first-order valence-electron chi connectivity index (χ1n) is 7.23. The zero-order valence-electron chi connectivity index (χ0n) is 14.4. The van der Waals surface area contributed by atoms with Gasteiger partial charge < -0.3 is 5.41 Å². The number of aryl methyl sites for hydroxylation is 2. The molecule has 0 saturated heterocycles. The number of rotatable bonds is 0. The molecule has 0 N–H and O–H groups in total. The molecular weight excluding hydrogens is 391 g/mol. The molecule has 0 amide bonds. The first-order chi connectivity index (χ1) is 11.8. The molecule has 0 spiro atoms. The standard InChI is InChI=1S/C7H4F3.2C6H7.CNS.Ti/c8-7(9,10)6-4-2-1-3-5-6;2*1-6-4-2-3-5-6;2-1-3;/h1-4H;2*2-5H,1H3;;/q4*-1;+4. The van der Waals surface area contributed by atoms with Crippen LogP contribution < -0.4 is 0 Å². The summed E-state index contributed by atoms with van der Waals surface area (Å²) < 4.78 is 35.3. The number of alkyl halides is 3. The summed E-state index contributed by atoms with van der Waals surface area (Å²) in [7, 11) is 0. The normalized spacial score (nSPS) is 8.81. The number of isothiocyanates is 1. The average Bonchev–Trinajstić information content (AvgIpc) is 3.23. The van der Waals surface area contributed by atoms with Gasteiger partial charge in [0.05, 0.1) is 0 Å². The van der Waals surface area contributed by atoms with E-state index >= 15 is 0 Å². The molecule has 0 heterocycles. The van der Waals surface area contributed by atoms with Crippen molar-refractivity contribution < 1.29 is 34.9 Å². The van der Waals surface area contributed by atoms with E-state index in [1.54, 1.807) is 0 Å². The van der Waals surface area contributed by atoms with Crippen molar-refractivity contribution in [3.05, 3.63) is 101 Å². The van der Waals surface area contributed by atoms with Crippen LogP contribution in [-0.2, 0) is 27.9 Å². The zero-order valence-corrected chi connectivity index (χ0v) is 16.8. The van der Waals surface area contributed by atoms with Crippen LogP contribution >= 0.6 is 12.2 Å². The number of hydrogen-bond donors (Lipinski definition) is 0. The van der Waals surface area contributed by atoms with E-state index in [9.17, 15) is 13.2 Å². The molecule has 0 aliphatic heterocycles. The topological polar surface area (TPSA) is 22.3 Å². The SMILES string of the molecule is C[c-]1cccc1.C[c-]1cccc1.FC(F)(F)c1[c-]cccc1.[N-]=C=S.[Ti+4]. The summed E-state index contributed by atoms with van der Waals surface area (Å²) in [6, 6.07) is 23.6. The first kappa shape index (κ1) is 26.5. The monoisotopic (exact) mass is 409 g/mol. The number of benzene rings is 1. The summed E-state index contributed by atoms with van der Waals surface area (Å²) in [6.45, 7) is 4.17. The summed E-state index contributed by atoms with van der Waals surface area (Å²) in [6.07, 6.45) is -4.26. The molecule has 0 aliphatic rings. The van der Waals surface area contributed by atoms with Crippen LogP contribution in [0.2, 0.25) is 0 Å². The third-order valence-electron chi connectivity index (χ3n) is 2.67. The van der Waals surface area contributed by atoms with Crippen molar-refractivity contribution in [1.82, 2.24) is 0 Å². The second-order valence-corrected chi connectivity index (χ2v) is 4.97. The Kier molecular flexibility index (Phi) is 15.7. The molecule has 0 bridgehead atoms. The molecule has 134 valence electrons. The van der Waals surface area contributed by atoms with Gasteiger partial charge in [0.2, 0.25) is 0 Å². The molecule has 0 radical (unpaired) electrons. The predicted molar refractivity (Wildman–Crippen MR) is 99.8 cm³/mol. The molecule has 0 atom stereocenters. The van der Waals surface area contributed by atoms with E-state index in [4.69, 9.17) is 5.41 Å². The van der Waals surface area contributed by atoms with Gasteiger partial charge in [-0.25, -0.2) is 24.3 Å². The maximum atomic E-state index is 11.8. The molecule has 0 aliphatic carbocycles. The van der Waals surface area contributed by atoms with Gasteiger partial charge in [-0.2, -0.15) is 84.1 Å². The average molecular weight is 409 g/mol. The quantitative estimate of drug-likeness (QED) is 0.178. The van der Waals surface area contributed by atoms with Crippen molar-refractivity contribution in [1.29, 1.82) is 0 Å². The molecule has 1 nitrogen and oxygen atoms in total. The maximum Gasteiger partial charge on any atom is 4.00 e. The van der Waals surface area contributed by atoms with Crippen LogP contribution in [0.15, 0.2) is 72.8 Å². The summed E-state index contributed by atoms with van der Waals surface area (Å²) in [4.78, 5) is 0. The van der Waals surface area contributed by atoms with Gasteiger partial charge in [-0.15, -0.1) is 0 Å². The van der Waals surface area contributed by atoms with Gasteiger partial charge >= 0.3 is 27.9 Å². The Morgan fingerprint density at radius 2 is 1.31 bits per heavy atom. The molecular formula is C20H18F3NSTi. The van der Waals surface area contributed by atoms with Crippen LogP contribution in [0.1, 0.15) is 16.7 Å². The van der Waals surface area contributed by atoms with Crippen molar-refractivity contribution in [2.24, 2.45) is 0 Å². The number of nitrogens with zero attached hydrogens (tertiary/aromatic N) is 1. The molecule has 0 aromatic heterocycles. The van der Waals surface area contributed by atoms with Gasteiger partial charge in [-0.1, -0.05) is 31.6 Å². The second kappa shape index (κ2) is 15.5. The van der Waals surface area contributed by atoms with Crippen LogP contribution in [0.5, 0.6) is 0 Å². The van der Waals surface area contributed by atoms with E-state index in [1.807, 2.05) is 24.3 Å². The van der Waals surface area contributed by atoms with Crippen LogP contribution in [-0.4, -0.2) is 5.16 Å². The Morgan fingerprint density at radius 3 is 1.46 bits per heavy atom. The Balaban J connectivity index is 0. The van der Waals surface area contributed by atoms with Crippen molar-refractivity contribution >= 4 is 17.4 Å². The maximum absolute atomic E-state index is 11.8. The fourth-order valence-electron chi connectivity index (χ4n) is 1.51. The van der Waals surface area contributed by atoms with Crippen molar-refractivity contribution in [2.45, 2.75) is 20.0 Å². The minimum Gasteiger partial charge on any atom is -0.753 e. The van der Waals surface area contributed by atoms with E-state index in [1.165, 1.54) is 34.5 Å². The zero-order chi connectivity index (χ0) is 19.1. The minimum atomic E-state index is -4.26. The van der Waals surface area contributed by atoms with Gasteiger partial charge in [-0.05, 0) is 0 Å². The Labute approximate surface area is 173 Å². The first-order valence-corrected chi connectivity index (χ1v) is 7.63. The smallest absolute Gasteiger partial charge is 0.753 e. The number of halogens is 3. The Hall–Kier alpha value is -1.78.